The Labute approximate surface area is 136 Å². The third-order valence-corrected chi connectivity index (χ3v) is 3.80. The van der Waals surface area contributed by atoms with Crippen molar-refractivity contribution in [1.29, 1.82) is 0 Å². The van der Waals surface area contributed by atoms with Gasteiger partial charge in [0.15, 0.2) is 0 Å². The molecule has 120 valence electrons. The summed E-state index contributed by atoms with van der Waals surface area (Å²) in [4.78, 5) is 23.1. The highest BCUT2D eigenvalue weighted by Gasteiger charge is 2.14. The van der Waals surface area contributed by atoms with Crippen molar-refractivity contribution in [1.82, 2.24) is 0 Å². The summed E-state index contributed by atoms with van der Waals surface area (Å²) in [6, 6.07) is 15.1. The standard InChI is InChI=1S/C19H21NO3/c1-13-6-8-15(9-7-13)10-11-18(21)20-17-5-3-4-16(12-17)14(2)19(22)23/h3-9,12,14H,10-11H2,1-2H3,(H,20,21)(H,22,23). The molecule has 2 rings (SSSR count). The fourth-order valence-electron chi connectivity index (χ4n) is 2.26. The Hall–Kier alpha value is -2.62. The minimum atomic E-state index is -0.882. The lowest BCUT2D eigenvalue weighted by Crippen LogP contribution is -2.13. The third kappa shape index (κ3) is 4.95. The molecule has 0 aliphatic rings. The normalized spacial score (nSPS) is 11.7. The molecule has 1 unspecified atom stereocenters. The van der Waals surface area contributed by atoms with Crippen molar-refractivity contribution in [2.45, 2.75) is 32.6 Å². The SMILES string of the molecule is Cc1ccc(CCC(=O)Nc2cccc(C(C)C(=O)O)c2)cc1. The molecule has 1 amide bonds. The summed E-state index contributed by atoms with van der Waals surface area (Å²) in [6.07, 6.45) is 1.07. The molecule has 2 aromatic carbocycles. The third-order valence-electron chi connectivity index (χ3n) is 3.80. The molecule has 0 fully saturated rings. The van der Waals surface area contributed by atoms with Gasteiger partial charge in [0.2, 0.25) is 5.91 Å². The average molecular weight is 311 g/mol. The van der Waals surface area contributed by atoms with E-state index in [1.807, 2.05) is 31.2 Å². The minimum Gasteiger partial charge on any atom is -0.481 e. The van der Waals surface area contributed by atoms with Crippen LogP contribution in [0.15, 0.2) is 48.5 Å². The maximum absolute atomic E-state index is 12.0. The highest BCUT2D eigenvalue weighted by Crippen LogP contribution is 2.19. The Bertz CT molecular complexity index is 692. The van der Waals surface area contributed by atoms with Crippen LogP contribution in [-0.2, 0) is 16.0 Å². The number of hydrogen-bond acceptors (Lipinski definition) is 2. The van der Waals surface area contributed by atoms with E-state index in [4.69, 9.17) is 5.11 Å². The zero-order valence-corrected chi connectivity index (χ0v) is 13.4. The summed E-state index contributed by atoms with van der Waals surface area (Å²) in [6.45, 7) is 3.66. The van der Waals surface area contributed by atoms with Crippen molar-refractivity contribution in [2.24, 2.45) is 0 Å². The van der Waals surface area contributed by atoms with Crippen LogP contribution < -0.4 is 5.32 Å². The monoisotopic (exact) mass is 311 g/mol. The molecule has 0 saturated carbocycles. The van der Waals surface area contributed by atoms with Crippen LogP contribution >= 0.6 is 0 Å². The molecular formula is C19H21NO3. The molecular weight excluding hydrogens is 290 g/mol. The van der Waals surface area contributed by atoms with Gasteiger partial charge < -0.3 is 10.4 Å². The zero-order valence-electron chi connectivity index (χ0n) is 13.4. The van der Waals surface area contributed by atoms with Crippen LogP contribution in [0.3, 0.4) is 0 Å². The molecule has 23 heavy (non-hydrogen) atoms. The van der Waals surface area contributed by atoms with Crippen LogP contribution in [0.5, 0.6) is 0 Å². The molecule has 0 saturated heterocycles. The van der Waals surface area contributed by atoms with Crippen LogP contribution in [0.25, 0.3) is 0 Å². The first-order valence-corrected chi connectivity index (χ1v) is 7.64. The molecule has 4 heteroatoms. The number of carboxylic acids is 1. The van der Waals surface area contributed by atoms with Crippen LogP contribution in [-0.4, -0.2) is 17.0 Å². The van der Waals surface area contributed by atoms with Gasteiger partial charge in [-0.3, -0.25) is 9.59 Å². The number of aliphatic carboxylic acids is 1. The Morgan fingerprint density at radius 2 is 1.83 bits per heavy atom. The van der Waals surface area contributed by atoms with E-state index < -0.39 is 11.9 Å². The number of amides is 1. The predicted molar refractivity (Wildman–Crippen MR) is 90.6 cm³/mol. The number of benzene rings is 2. The minimum absolute atomic E-state index is 0.0781. The number of carboxylic acid groups (broad SMARTS) is 1. The summed E-state index contributed by atoms with van der Waals surface area (Å²) in [5, 5.41) is 11.9. The highest BCUT2D eigenvalue weighted by molar-refractivity contribution is 5.91. The molecule has 0 aliphatic heterocycles. The number of nitrogens with one attached hydrogen (secondary N) is 1. The molecule has 0 heterocycles. The van der Waals surface area contributed by atoms with Gasteiger partial charge in [0.25, 0.3) is 0 Å². The molecule has 1 atom stereocenters. The van der Waals surface area contributed by atoms with Gasteiger partial charge in [0, 0.05) is 12.1 Å². The molecule has 4 nitrogen and oxygen atoms in total. The molecule has 0 aromatic heterocycles. The first-order chi connectivity index (χ1) is 11.0. The smallest absolute Gasteiger partial charge is 0.310 e. The number of carbonyl (C=O) groups is 2. The fraction of sp³-hybridized carbons (Fsp3) is 0.263. The lowest BCUT2D eigenvalue weighted by atomic mass is 10.0. The van der Waals surface area contributed by atoms with Crippen molar-refractivity contribution in [2.75, 3.05) is 5.32 Å². The second-order valence-corrected chi connectivity index (χ2v) is 5.72. The Kier molecular flexibility index (Phi) is 5.52. The molecule has 0 aliphatic carbocycles. The van der Waals surface area contributed by atoms with Gasteiger partial charge in [-0.2, -0.15) is 0 Å². The van der Waals surface area contributed by atoms with E-state index in [2.05, 4.69) is 5.32 Å². The van der Waals surface area contributed by atoms with E-state index in [9.17, 15) is 9.59 Å². The first kappa shape index (κ1) is 16.7. The van der Waals surface area contributed by atoms with Crippen molar-refractivity contribution in [3.63, 3.8) is 0 Å². The van der Waals surface area contributed by atoms with Gasteiger partial charge in [-0.25, -0.2) is 0 Å². The van der Waals surface area contributed by atoms with Crippen molar-refractivity contribution in [3.8, 4) is 0 Å². The Morgan fingerprint density at radius 3 is 2.48 bits per heavy atom. The summed E-state index contributed by atoms with van der Waals surface area (Å²) in [5.74, 6) is -1.56. The molecule has 2 aromatic rings. The van der Waals surface area contributed by atoms with Gasteiger partial charge in [-0.15, -0.1) is 0 Å². The van der Waals surface area contributed by atoms with E-state index in [0.29, 0.717) is 24.1 Å². The van der Waals surface area contributed by atoms with E-state index in [1.165, 1.54) is 5.56 Å². The average Bonchev–Trinajstić information content (AvgIpc) is 2.53. The van der Waals surface area contributed by atoms with Gasteiger partial charge in [0.05, 0.1) is 5.92 Å². The van der Waals surface area contributed by atoms with Gasteiger partial charge >= 0.3 is 5.97 Å². The van der Waals surface area contributed by atoms with Crippen LogP contribution in [0.1, 0.15) is 36.0 Å². The molecule has 0 spiro atoms. The van der Waals surface area contributed by atoms with E-state index in [0.717, 1.165) is 5.56 Å². The predicted octanol–water partition coefficient (Wildman–Crippen LogP) is 3.75. The van der Waals surface area contributed by atoms with Crippen molar-refractivity contribution in [3.05, 3.63) is 65.2 Å². The number of carbonyl (C=O) groups excluding carboxylic acids is 1. The summed E-state index contributed by atoms with van der Waals surface area (Å²) in [7, 11) is 0. The van der Waals surface area contributed by atoms with Gasteiger partial charge in [0.1, 0.15) is 0 Å². The zero-order chi connectivity index (χ0) is 16.8. The van der Waals surface area contributed by atoms with Crippen molar-refractivity contribution < 1.29 is 14.7 Å². The van der Waals surface area contributed by atoms with Crippen molar-refractivity contribution >= 4 is 17.6 Å². The molecule has 0 bridgehead atoms. The highest BCUT2D eigenvalue weighted by atomic mass is 16.4. The van der Waals surface area contributed by atoms with Gasteiger partial charge in [-0.05, 0) is 43.5 Å². The van der Waals surface area contributed by atoms with Crippen LogP contribution in [0, 0.1) is 6.92 Å². The fourth-order valence-corrected chi connectivity index (χ4v) is 2.26. The molecule has 0 radical (unpaired) electrons. The van der Waals surface area contributed by atoms with E-state index in [1.54, 1.807) is 31.2 Å². The molecule has 2 N–H and O–H groups in total. The quantitative estimate of drug-likeness (QED) is 0.853. The number of hydrogen-bond donors (Lipinski definition) is 2. The van der Waals surface area contributed by atoms with E-state index in [-0.39, 0.29) is 5.91 Å². The largest absolute Gasteiger partial charge is 0.481 e. The second-order valence-electron chi connectivity index (χ2n) is 5.72. The maximum Gasteiger partial charge on any atom is 0.310 e. The van der Waals surface area contributed by atoms with Gasteiger partial charge in [-0.1, -0.05) is 42.0 Å². The second kappa shape index (κ2) is 7.58. The lowest BCUT2D eigenvalue weighted by molar-refractivity contribution is -0.138. The Morgan fingerprint density at radius 1 is 1.13 bits per heavy atom. The number of aryl methyl sites for hydroxylation is 2. The van der Waals surface area contributed by atoms with Crippen LogP contribution in [0.4, 0.5) is 5.69 Å². The van der Waals surface area contributed by atoms with E-state index >= 15 is 0 Å². The van der Waals surface area contributed by atoms with Crippen LogP contribution in [0.2, 0.25) is 0 Å². The lowest BCUT2D eigenvalue weighted by Gasteiger charge is -2.10. The number of rotatable bonds is 6. The summed E-state index contributed by atoms with van der Waals surface area (Å²) >= 11 is 0. The summed E-state index contributed by atoms with van der Waals surface area (Å²) < 4.78 is 0. The number of anilines is 1. The first-order valence-electron chi connectivity index (χ1n) is 7.64. The maximum atomic E-state index is 12.0. The summed E-state index contributed by atoms with van der Waals surface area (Å²) in [5.41, 5.74) is 3.62. The topological polar surface area (TPSA) is 66.4 Å². The Balaban J connectivity index is 1.93.